The molecule has 0 amide bonds. The standard InChI is InChI=1S/C15H19F3O4Si/c1-14(2,3)23(4,5)22-12(19)10-8-6-7-9-11(10)21-13(20)15(16,17)18/h6-9H,1-5H3. The second-order valence-corrected chi connectivity index (χ2v) is 11.3. The number of hydrogen-bond donors (Lipinski definition) is 0. The smallest absolute Gasteiger partial charge is 0.491 e. The molecule has 0 saturated carbocycles. The van der Waals surface area contributed by atoms with E-state index in [1.54, 1.807) is 0 Å². The fourth-order valence-corrected chi connectivity index (χ4v) is 2.20. The number of hydrogen-bond acceptors (Lipinski definition) is 4. The van der Waals surface area contributed by atoms with Gasteiger partial charge in [-0.2, -0.15) is 13.2 Å². The maximum absolute atomic E-state index is 12.3. The summed E-state index contributed by atoms with van der Waals surface area (Å²) in [6, 6.07) is 5.19. The zero-order valence-corrected chi connectivity index (χ0v) is 14.6. The lowest BCUT2D eigenvalue weighted by molar-refractivity contribution is -0.189. The van der Waals surface area contributed by atoms with E-state index >= 15 is 0 Å². The number of halogens is 3. The van der Waals surface area contributed by atoms with E-state index in [0.29, 0.717) is 0 Å². The van der Waals surface area contributed by atoms with Crippen molar-refractivity contribution >= 4 is 20.3 Å². The molecule has 0 unspecified atom stereocenters. The highest BCUT2D eigenvalue weighted by Crippen LogP contribution is 2.37. The van der Waals surface area contributed by atoms with Gasteiger partial charge in [-0.15, -0.1) is 0 Å². The number of alkyl halides is 3. The molecule has 0 aliphatic rings. The van der Waals surface area contributed by atoms with Gasteiger partial charge in [-0.1, -0.05) is 32.9 Å². The maximum atomic E-state index is 12.3. The fourth-order valence-electron chi connectivity index (χ4n) is 1.32. The Kier molecular flexibility index (Phi) is 5.30. The van der Waals surface area contributed by atoms with Crippen LogP contribution in [0.25, 0.3) is 0 Å². The molecule has 23 heavy (non-hydrogen) atoms. The normalized spacial score (nSPS) is 12.7. The molecule has 0 N–H and O–H groups in total. The molecule has 1 rings (SSSR count). The molecule has 0 heterocycles. The second kappa shape index (κ2) is 6.35. The Hall–Kier alpha value is -1.83. The molecule has 0 saturated heterocycles. The van der Waals surface area contributed by atoms with Crippen LogP contribution in [0.1, 0.15) is 31.1 Å². The molecule has 1 aromatic carbocycles. The zero-order valence-electron chi connectivity index (χ0n) is 13.6. The first kappa shape index (κ1) is 19.2. The average molecular weight is 348 g/mol. The molecule has 0 aromatic heterocycles. The first-order valence-electron chi connectivity index (χ1n) is 6.87. The van der Waals surface area contributed by atoms with Crippen LogP contribution in [-0.4, -0.2) is 26.4 Å². The third kappa shape index (κ3) is 4.82. The van der Waals surface area contributed by atoms with Crippen LogP contribution in [0.2, 0.25) is 18.1 Å². The van der Waals surface area contributed by atoms with Gasteiger partial charge in [-0.05, 0) is 30.3 Å². The van der Waals surface area contributed by atoms with Crippen molar-refractivity contribution in [2.24, 2.45) is 0 Å². The van der Waals surface area contributed by atoms with Gasteiger partial charge in [-0.25, -0.2) is 9.59 Å². The monoisotopic (exact) mass is 348 g/mol. The van der Waals surface area contributed by atoms with Crippen LogP contribution in [-0.2, 0) is 9.22 Å². The Morgan fingerprint density at radius 1 is 1.04 bits per heavy atom. The van der Waals surface area contributed by atoms with Crippen LogP contribution < -0.4 is 4.74 Å². The van der Waals surface area contributed by atoms with E-state index in [0.717, 1.165) is 6.07 Å². The van der Waals surface area contributed by atoms with E-state index in [4.69, 9.17) is 4.43 Å². The summed E-state index contributed by atoms with van der Waals surface area (Å²) < 4.78 is 46.7. The number of para-hydroxylation sites is 1. The van der Waals surface area contributed by atoms with Gasteiger partial charge in [0, 0.05) is 0 Å². The van der Waals surface area contributed by atoms with Gasteiger partial charge in [0.1, 0.15) is 11.3 Å². The van der Waals surface area contributed by atoms with Crippen molar-refractivity contribution in [3.8, 4) is 5.75 Å². The highest BCUT2D eigenvalue weighted by atomic mass is 28.4. The molecule has 0 atom stereocenters. The number of carbonyl (C=O) groups is 2. The van der Waals surface area contributed by atoms with Gasteiger partial charge in [0.2, 0.25) is 0 Å². The Morgan fingerprint density at radius 3 is 2.04 bits per heavy atom. The number of rotatable bonds is 3. The van der Waals surface area contributed by atoms with Crippen LogP contribution in [0.15, 0.2) is 24.3 Å². The lowest BCUT2D eigenvalue weighted by Gasteiger charge is -2.35. The molecule has 0 fully saturated rings. The SMILES string of the molecule is CC(C)(C)[Si](C)(C)OC(=O)c1ccccc1OC(=O)C(F)(F)F. The summed E-state index contributed by atoms with van der Waals surface area (Å²) in [7, 11) is -2.46. The lowest BCUT2D eigenvalue weighted by Crippen LogP contribution is -2.42. The molecule has 0 spiro atoms. The van der Waals surface area contributed by atoms with Crippen molar-refractivity contribution < 1.29 is 31.9 Å². The minimum Gasteiger partial charge on any atom is -0.516 e. The molecular weight excluding hydrogens is 329 g/mol. The van der Waals surface area contributed by atoms with Crippen molar-refractivity contribution in [3.05, 3.63) is 29.8 Å². The van der Waals surface area contributed by atoms with Crippen LogP contribution >= 0.6 is 0 Å². The Morgan fingerprint density at radius 2 is 1.57 bits per heavy atom. The Labute approximate surface area is 133 Å². The van der Waals surface area contributed by atoms with Gasteiger partial charge in [0.05, 0.1) is 0 Å². The molecule has 8 heteroatoms. The summed E-state index contributed by atoms with van der Waals surface area (Å²) in [4.78, 5) is 23.3. The van der Waals surface area contributed by atoms with E-state index in [-0.39, 0.29) is 10.6 Å². The number of carbonyl (C=O) groups excluding carboxylic acids is 2. The third-order valence-corrected chi connectivity index (χ3v) is 8.00. The van der Waals surface area contributed by atoms with Gasteiger partial charge in [0.25, 0.3) is 8.32 Å². The Balaban J connectivity index is 3.06. The molecule has 0 aliphatic heterocycles. The number of esters is 1. The molecule has 0 aliphatic carbocycles. The van der Waals surface area contributed by atoms with Crippen molar-refractivity contribution in [2.45, 2.75) is 45.1 Å². The average Bonchev–Trinajstić information content (AvgIpc) is 2.36. The van der Waals surface area contributed by atoms with Crippen molar-refractivity contribution in [1.29, 1.82) is 0 Å². The van der Waals surface area contributed by atoms with E-state index in [2.05, 4.69) is 4.74 Å². The highest BCUT2D eigenvalue weighted by molar-refractivity contribution is 6.75. The molecule has 0 bridgehead atoms. The van der Waals surface area contributed by atoms with E-state index in [1.165, 1.54) is 18.2 Å². The molecule has 0 radical (unpaired) electrons. The number of benzene rings is 1. The van der Waals surface area contributed by atoms with E-state index in [1.807, 2.05) is 33.9 Å². The van der Waals surface area contributed by atoms with E-state index < -0.39 is 32.2 Å². The highest BCUT2D eigenvalue weighted by Gasteiger charge is 2.43. The predicted octanol–water partition coefficient (Wildman–Crippen LogP) is 4.32. The summed E-state index contributed by atoms with van der Waals surface area (Å²) in [5.74, 6) is -3.66. The van der Waals surface area contributed by atoms with Gasteiger partial charge in [-0.3, -0.25) is 0 Å². The summed E-state index contributed by atoms with van der Waals surface area (Å²) in [5, 5.41) is -0.264. The molecule has 4 nitrogen and oxygen atoms in total. The quantitative estimate of drug-likeness (QED) is 0.464. The van der Waals surface area contributed by atoms with Crippen LogP contribution in [0.3, 0.4) is 0 Å². The topological polar surface area (TPSA) is 52.6 Å². The van der Waals surface area contributed by atoms with Crippen molar-refractivity contribution in [1.82, 2.24) is 0 Å². The fraction of sp³-hybridized carbons (Fsp3) is 0.467. The minimum absolute atomic E-state index is 0.213. The first-order valence-corrected chi connectivity index (χ1v) is 9.78. The van der Waals surface area contributed by atoms with Gasteiger partial charge < -0.3 is 9.16 Å². The first-order chi connectivity index (χ1) is 10.3. The minimum atomic E-state index is -5.14. The van der Waals surface area contributed by atoms with Crippen LogP contribution in [0.5, 0.6) is 5.75 Å². The summed E-state index contributed by atoms with van der Waals surface area (Å²) in [6.07, 6.45) is -5.14. The van der Waals surface area contributed by atoms with Crippen molar-refractivity contribution in [2.75, 3.05) is 0 Å². The molecule has 128 valence electrons. The Bertz CT molecular complexity index is 603. The van der Waals surface area contributed by atoms with Crippen molar-refractivity contribution in [3.63, 3.8) is 0 Å². The van der Waals surface area contributed by atoms with E-state index in [9.17, 15) is 22.8 Å². The lowest BCUT2D eigenvalue weighted by atomic mass is 10.2. The maximum Gasteiger partial charge on any atom is 0.491 e. The summed E-state index contributed by atoms with van der Waals surface area (Å²) in [5.41, 5.74) is -0.213. The van der Waals surface area contributed by atoms with Crippen LogP contribution in [0.4, 0.5) is 13.2 Å². The largest absolute Gasteiger partial charge is 0.516 e. The van der Waals surface area contributed by atoms with Gasteiger partial charge >= 0.3 is 18.1 Å². The number of ether oxygens (including phenoxy) is 1. The second-order valence-electron chi connectivity index (χ2n) is 6.53. The van der Waals surface area contributed by atoms with Crippen LogP contribution in [0, 0.1) is 0 Å². The third-order valence-electron chi connectivity index (χ3n) is 3.70. The summed E-state index contributed by atoms with van der Waals surface area (Å²) >= 11 is 0. The zero-order chi connectivity index (χ0) is 18.1. The molecular formula is C15H19F3O4Si. The predicted molar refractivity (Wildman–Crippen MR) is 80.7 cm³/mol. The van der Waals surface area contributed by atoms with Gasteiger partial charge in [0.15, 0.2) is 0 Å². The summed E-state index contributed by atoms with van der Waals surface area (Å²) in [6.45, 7) is 9.41. The molecule has 1 aromatic rings.